The van der Waals surface area contributed by atoms with Crippen LogP contribution in [0.1, 0.15) is 36.2 Å². The molecule has 0 radical (unpaired) electrons. The minimum atomic E-state index is -0.211. The number of ether oxygens (including phenoxy) is 2. The third kappa shape index (κ3) is 5.33. The number of aryl methyl sites for hydroxylation is 1. The number of aromatic nitrogens is 6. The Morgan fingerprint density at radius 2 is 2.06 bits per heavy atom. The first kappa shape index (κ1) is 21.1. The molecule has 1 amide bonds. The van der Waals surface area contributed by atoms with Gasteiger partial charge in [-0.05, 0) is 31.7 Å². The van der Waals surface area contributed by atoms with Gasteiger partial charge in [0.25, 0.3) is 5.91 Å². The standard InChI is InChI=1S/C21H27N7O3/c1-27-13-15(12-23-27)18-11-19(26-21(25-18)28-8-7-22-14-28)20(29)24-16-3-5-17(6-4-16)31-10-9-30-2/h7-8,11-14,16-17H,3-6,9-10H2,1-2H3,(H,24,29). The molecule has 31 heavy (non-hydrogen) atoms. The van der Waals surface area contributed by atoms with E-state index < -0.39 is 0 Å². The molecule has 1 aliphatic carbocycles. The number of methoxy groups -OCH3 is 1. The highest BCUT2D eigenvalue weighted by Gasteiger charge is 2.24. The number of nitrogens with one attached hydrogen (secondary N) is 1. The van der Waals surface area contributed by atoms with Crippen molar-refractivity contribution in [3.8, 4) is 17.2 Å². The summed E-state index contributed by atoms with van der Waals surface area (Å²) >= 11 is 0. The van der Waals surface area contributed by atoms with E-state index in [2.05, 4.69) is 25.4 Å². The summed E-state index contributed by atoms with van der Waals surface area (Å²) in [5.74, 6) is 0.178. The second-order valence-electron chi connectivity index (χ2n) is 7.62. The lowest BCUT2D eigenvalue weighted by atomic mass is 9.93. The van der Waals surface area contributed by atoms with Crippen LogP contribution in [0.5, 0.6) is 0 Å². The van der Waals surface area contributed by atoms with Crippen LogP contribution in [0.3, 0.4) is 0 Å². The first-order chi connectivity index (χ1) is 15.1. The molecule has 3 aromatic heterocycles. The first-order valence-electron chi connectivity index (χ1n) is 10.4. The highest BCUT2D eigenvalue weighted by Crippen LogP contribution is 2.22. The Morgan fingerprint density at radius 1 is 1.23 bits per heavy atom. The van der Waals surface area contributed by atoms with Crippen molar-refractivity contribution >= 4 is 5.91 Å². The molecule has 4 rings (SSSR count). The Balaban J connectivity index is 1.47. The summed E-state index contributed by atoms with van der Waals surface area (Å²) in [5, 5.41) is 7.33. The number of hydrogen-bond donors (Lipinski definition) is 1. The second-order valence-corrected chi connectivity index (χ2v) is 7.62. The third-order valence-corrected chi connectivity index (χ3v) is 5.33. The van der Waals surface area contributed by atoms with E-state index in [0.29, 0.717) is 30.5 Å². The molecule has 0 aliphatic heterocycles. The lowest BCUT2D eigenvalue weighted by molar-refractivity contribution is -0.00409. The van der Waals surface area contributed by atoms with Crippen LogP contribution in [0.25, 0.3) is 17.2 Å². The molecule has 10 heteroatoms. The fourth-order valence-electron chi connectivity index (χ4n) is 3.68. The molecule has 0 saturated heterocycles. The van der Waals surface area contributed by atoms with Crippen molar-refractivity contribution in [1.29, 1.82) is 0 Å². The van der Waals surface area contributed by atoms with Gasteiger partial charge in [-0.25, -0.2) is 15.0 Å². The van der Waals surface area contributed by atoms with Gasteiger partial charge >= 0.3 is 0 Å². The average Bonchev–Trinajstić information content (AvgIpc) is 3.47. The number of carbonyl (C=O) groups excluding carboxylic acids is 1. The quantitative estimate of drug-likeness (QED) is 0.548. The molecule has 1 saturated carbocycles. The summed E-state index contributed by atoms with van der Waals surface area (Å²) in [6.45, 7) is 1.20. The van der Waals surface area contributed by atoms with Gasteiger partial charge in [-0.3, -0.25) is 14.0 Å². The molecular weight excluding hydrogens is 398 g/mol. The Kier molecular flexibility index (Phi) is 6.68. The van der Waals surface area contributed by atoms with Gasteiger partial charge in [-0.2, -0.15) is 5.10 Å². The van der Waals surface area contributed by atoms with Gasteiger partial charge in [0.2, 0.25) is 5.95 Å². The summed E-state index contributed by atoms with van der Waals surface area (Å²) in [7, 11) is 3.51. The molecule has 10 nitrogen and oxygen atoms in total. The van der Waals surface area contributed by atoms with Crippen LogP contribution in [0.4, 0.5) is 0 Å². The van der Waals surface area contributed by atoms with Gasteiger partial charge in [0.1, 0.15) is 12.0 Å². The molecule has 3 heterocycles. The van der Waals surface area contributed by atoms with Crippen molar-refractivity contribution in [3.63, 3.8) is 0 Å². The van der Waals surface area contributed by atoms with E-state index in [1.807, 2.05) is 13.2 Å². The van der Waals surface area contributed by atoms with Gasteiger partial charge in [-0.15, -0.1) is 0 Å². The van der Waals surface area contributed by atoms with E-state index in [-0.39, 0.29) is 18.1 Å². The van der Waals surface area contributed by atoms with Crippen molar-refractivity contribution < 1.29 is 14.3 Å². The summed E-state index contributed by atoms with van der Waals surface area (Å²) < 4.78 is 14.2. The zero-order valence-electron chi connectivity index (χ0n) is 17.8. The van der Waals surface area contributed by atoms with Crippen molar-refractivity contribution in [2.75, 3.05) is 20.3 Å². The van der Waals surface area contributed by atoms with Crippen molar-refractivity contribution in [2.45, 2.75) is 37.8 Å². The topological polar surface area (TPSA) is 109 Å². The molecule has 1 fully saturated rings. The van der Waals surface area contributed by atoms with Crippen LogP contribution in [0.15, 0.2) is 37.2 Å². The van der Waals surface area contributed by atoms with Gasteiger partial charge in [0.15, 0.2) is 0 Å². The van der Waals surface area contributed by atoms with Gasteiger partial charge in [0, 0.05) is 44.4 Å². The maximum Gasteiger partial charge on any atom is 0.270 e. The third-order valence-electron chi connectivity index (χ3n) is 5.33. The van der Waals surface area contributed by atoms with E-state index in [0.717, 1.165) is 31.2 Å². The maximum atomic E-state index is 13.0. The molecule has 0 atom stereocenters. The molecule has 0 spiro atoms. The van der Waals surface area contributed by atoms with Gasteiger partial charge in [0.05, 0.1) is 31.2 Å². The van der Waals surface area contributed by atoms with Crippen LogP contribution in [0.2, 0.25) is 0 Å². The smallest absolute Gasteiger partial charge is 0.270 e. The summed E-state index contributed by atoms with van der Waals surface area (Å²) in [4.78, 5) is 26.1. The normalized spacial score (nSPS) is 18.8. The lowest BCUT2D eigenvalue weighted by Gasteiger charge is -2.29. The van der Waals surface area contributed by atoms with Crippen LogP contribution in [-0.4, -0.2) is 67.7 Å². The van der Waals surface area contributed by atoms with Crippen LogP contribution in [-0.2, 0) is 16.5 Å². The number of rotatable bonds is 8. The van der Waals surface area contributed by atoms with Crippen molar-refractivity contribution in [1.82, 2.24) is 34.6 Å². The number of carbonyl (C=O) groups is 1. The Hall–Kier alpha value is -3.11. The van der Waals surface area contributed by atoms with Crippen LogP contribution >= 0.6 is 0 Å². The molecule has 0 bridgehead atoms. The maximum absolute atomic E-state index is 13.0. The van der Waals surface area contributed by atoms with Crippen LogP contribution < -0.4 is 5.32 Å². The number of amides is 1. The van der Waals surface area contributed by atoms with E-state index in [9.17, 15) is 4.79 Å². The number of nitrogens with zero attached hydrogens (tertiary/aromatic N) is 6. The molecule has 1 N–H and O–H groups in total. The fourth-order valence-corrected chi connectivity index (χ4v) is 3.68. The Morgan fingerprint density at radius 3 is 2.74 bits per heavy atom. The molecule has 0 aromatic carbocycles. The predicted molar refractivity (Wildman–Crippen MR) is 113 cm³/mol. The van der Waals surface area contributed by atoms with E-state index in [4.69, 9.17) is 9.47 Å². The Bertz CT molecular complexity index is 994. The summed E-state index contributed by atoms with van der Waals surface area (Å²) in [6.07, 6.45) is 12.4. The monoisotopic (exact) mass is 425 g/mol. The summed E-state index contributed by atoms with van der Waals surface area (Å²) in [6, 6.07) is 1.80. The van der Waals surface area contributed by atoms with E-state index in [1.165, 1.54) is 0 Å². The molecule has 3 aromatic rings. The summed E-state index contributed by atoms with van der Waals surface area (Å²) in [5.41, 5.74) is 1.76. The molecular formula is C21H27N7O3. The lowest BCUT2D eigenvalue weighted by Crippen LogP contribution is -2.39. The zero-order chi connectivity index (χ0) is 21.6. The SMILES string of the molecule is COCCOC1CCC(NC(=O)c2cc(-c3cnn(C)c3)nc(-n3ccnc3)n2)CC1. The van der Waals surface area contributed by atoms with Gasteiger partial charge in [-0.1, -0.05) is 0 Å². The van der Waals surface area contributed by atoms with Crippen molar-refractivity contribution in [2.24, 2.45) is 7.05 Å². The second kappa shape index (κ2) is 9.80. The highest BCUT2D eigenvalue weighted by atomic mass is 16.5. The first-order valence-corrected chi connectivity index (χ1v) is 10.4. The Labute approximate surface area is 180 Å². The number of imidazole rings is 1. The minimum Gasteiger partial charge on any atom is -0.382 e. The average molecular weight is 425 g/mol. The van der Waals surface area contributed by atoms with Gasteiger partial charge < -0.3 is 14.8 Å². The number of hydrogen-bond acceptors (Lipinski definition) is 7. The molecule has 164 valence electrons. The molecule has 0 unspecified atom stereocenters. The zero-order valence-corrected chi connectivity index (χ0v) is 17.8. The fraction of sp³-hybridized carbons (Fsp3) is 0.476. The largest absolute Gasteiger partial charge is 0.382 e. The van der Waals surface area contributed by atoms with Crippen LogP contribution in [0, 0.1) is 0 Å². The molecule has 1 aliphatic rings. The van der Waals surface area contributed by atoms with E-state index in [1.54, 1.807) is 47.3 Å². The van der Waals surface area contributed by atoms with E-state index >= 15 is 0 Å². The highest BCUT2D eigenvalue weighted by molar-refractivity contribution is 5.93. The minimum absolute atomic E-state index is 0.100. The van der Waals surface area contributed by atoms with Crippen molar-refractivity contribution in [3.05, 3.63) is 42.9 Å². The predicted octanol–water partition coefficient (Wildman–Crippen LogP) is 1.77.